The summed E-state index contributed by atoms with van der Waals surface area (Å²) in [6.45, 7) is 0.182. The Labute approximate surface area is 99.0 Å². The minimum atomic E-state index is -0.335. The van der Waals surface area contributed by atoms with Crippen molar-refractivity contribution >= 4 is 27.6 Å². The summed E-state index contributed by atoms with van der Waals surface area (Å²) < 4.78 is 18.5. The SMILES string of the molecule is NCc1nnc(Nc2ccc(F)c(Br)c2)o1. The first-order chi connectivity index (χ1) is 7.69. The summed E-state index contributed by atoms with van der Waals surface area (Å²) in [6, 6.07) is 4.68. The molecular formula is C9H8BrFN4O. The normalized spacial score (nSPS) is 10.4. The fourth-order valence-electron chi connectivity index (χ4n) is 1.08. The first kappa shape index (κ1) is 11.0. The fraction of sp³-hybridized carbons (Fsp3) is 0.111. The van der Waals surface area contributed by atoms with Gasteiger partial charge in [-0.3, -0.25) is 0 Å². The van der Waals surface area contributed by atoms with Crippen LogP contribution in [0.25, 0.3) is 0 Å². The Morgan fingerprint density at radius 2 is 2.25 bits per heavy atom. The molecule has 0 aliphatic carbocycles. The molecule has 0 spiro atoms. The third kappa shape index (κ3) is 2.37. The van der Waals surface area contributed by atoms with Gasteiger partial charge in [-0.2, -0.15) is 0 Å². The molecular weight excluding hydrogens is 279 g/mol. The van der Waals surface area contributed by atoms with Gasteiger partial charge < -0.3 is 15.5 Å². The summed E-state index contributed by atoms with van der Waals surface area (Å²) in [7, 11) is 0. The van der Waals surface area contributed by atoms with Gasteiger partial charge in [0.2, 0.25) is 5.89 Å². The van der Waals surface area contributed by atoms with Gasteiger partial charge in [-0.05, 0) is 34.1 Å². The fourth-order valence-corrected chi connectivity index (χ4v) is 1.46. The van der Waals surface area contributed by atoms with Crippen LogP contribution in [0.4, 0.5) is 16.1 Å². The molecule has 0 bridgehead atoms. The summed E-state index contributed by atoms with van der Waals surface area (Å²) in [6.07, 6.45) is 0. The Morgan fingerprint density at radius 3 is 2.88 bits per heavy atom. The molecule has 3 N–H and O–H groups in total. The van der Waals surface area contributed by atoms with E-state index in [1.165, 1.54) is 6.07 Å². The lowest BCUT2D eigenvalue weighted by atomic mass is 10.3. The monoisotopic (exact) mass is 286 g/mol. The third-order valence-electron chi connectivity index (χ3n) is 1.81. The van der Waals surface area contributed by atoms with Gasteiger partial charge in [0.15, 0.2) is 0 Å². The van der Waals surface area contributed by atoms with Crippen molar-refractivity contribution in [1.29, 1.82) is 0 Å². The molecule has 1 heterocycles. The zero-order valence-electron chi connectivity index (χ0n) is 8.08. The predicted molar refractivity (Wildman–Crippen MR) is 59.6 cm³/mol. The van der Waals surface area contributed by atoms with E-state index in [4.69, 9.17) is 10.2 Å². The van der Waals surface area contributed by atoms with Crippen LogP contribution in [0.2, 0.25) is 0 Å². The summed E-state index contributed by atoms with van der Waals surface area (Å²) >= 11 is 3.08. The maximum atomic E-state index is 13.0. The van der Waals surface area contributed by atoms with E-state index in [0.29, 0.717) is 16.1 Å². The van der Waals surface area contributed by atoms with Crippen molar-refractivity contribution in [2.45, 2.75) is 6.54 Å². The molecule has 0 amide bonds. The number of benzene rings is 1. The highest BCUT2D eigenvalue weighted by Gasteiger charge is 2.06. The van der Waals surface area contributed by atoms with Crippen molar-refractivity contribution in [3.63, 3.8) is 0 Å². The molecule has 0 fully saturated rings. The van der Waals surface area contributed by atoms with E-state index in [-0.39, 0.29) is 18.4 Å². The summed E-state index contributed by atoms with van der Waals surface area (Å²) in [5.41, 5.74) is 5.96. The van der Waals surface area contributed by atoms with Crippen molar-refractivity contribution in [1.82, 2.24) is 10.2 Å². The molecule has 0 radical (unpaired) electrons. The van der Waals surface area contributed by atoms with Gasteiger partial charge in [-0.1, -0.05) is 5.10 Å². The molecule has 0 aliphatic heterocycles. The number of nitrogens with two attached hydrogens (primary N) is 1. The number of nitrogens with one attached hydrogen (secondary N) is 1. The van der Waals surface area contributed by atoms with Crippen molar-refractivity contribution in [3.05, 3.63) is 34.4 Å². The second kappa shape index (κ2) is 4.58. The number of aromatic nitrogens is 2. The Kier molecular flexibility index (Phi) is 3.16. The average Bonchev–Trinajstić information content (AvgIpc) is 2.71. The number of nitrogens with zero attached hydrogens (tertiary/aromatic N) is 2. The minimum absolute atomic E-state index is 0.182. The third-order valence-corrected chi connectivity index (χ3v) is 2.42. The summed E-state index contributed by atoms with van der Waals surface area (Å²) in [5.74, 6) is 0.00223. The second-order valence-electron chi connectivity index (χ2n) is 2.96. The zero-order valence-corrected chi connectivity index (χ0v) is 9.66. The van der Waals surface area contributed by atoms with Crippen LogP contribution in [0.5, 0.6) is 0 Å². The summed E-state index contributed by atoms with van der Waals surface area (Å²) in [4.78, 5) is 0. The first-order valence-corrected chi connectivity index (χ1v) is 5.23. The second-order valence-corrected chi connectivity index (χ2v) is 3.81. The minimum Gasteiger partial charge on any atom is -0.406 e. The Hall–Kier alpha value is -1.47. The largest absolute Gasteiger partial charge is 0.406 e. The van der Waals surface area contributed by atoms with Crippen molar-refractivity contribution in [2.24, 2.45) is 5.73 Å². The maximum Gasteiger partial charge on any atom is 0.320 e. The van der Waals surface area contributed by atoms with E-state index in [2.05, 4.69) is 31.4 Å². The van der Waals surface area contributed by atoms with Crippen LogP contribution in [0.3, 0.4) is 0 Å². The van der Waals surface area contributed by atoms with Gasteiger partial charge in [-0.15, -0.1) is 5.10 Å². The molecule has 2 rings (SSSR count). The van der Waals surface area contributed by atoms with E-state index in [1.807, 2.05) is 0 Å². The van der Waals surface area contributed by atoms with Crippen LogP contribution in [-0.4, -0.2) is 10.2 Å². The van der Waals surface area contributed by atoms with Crippen LogP contribution < -0.4 is 11.1 Å². The molecule has 0 unspecified atom stereocenters. The summed E-state index contributed by atoms with van der Waals surface area (Å²) in [5, 5.41) is 10.2. The van der Waals surface area contributed by atoms with Gasteiger partial charge in [0.25, 0.3) is 0 Å². The van der Waals surface area contributed by atoms with Crippen LogP contribution in [0.1, 0.15) is 5.89 Å². The lowest BCUT2D eigenvalue weighted by molar-refractivity contribution is 0.511. The van der Waals surface area contributed by atoms with Gasteiger partial charge in [0, 0.05) is 5.69 Å². The Bertz CT molecular complexity index is 502. The standard InChI is InChI=1S/C9H8BrFN4O/c10-6-3-5(1-2-7(6)11)13-9-15-14-8(4-12)16-9/h1-3H,4,12H2,(H,13,15). The van der Waals surface area contributed by atoms with Crippen molar-refractivity contribution < 1.29 is 8.81 Å². The molecule has 1 aromatic heterocycles. The van der Waals surface area contributed by atoms with Crippen LogP contribution in [-0.2, 0) is 6.54 Å². The molecule has 0 saturated carbocycles. The van der Waals surface area contributed by atoms with E-state index >= 15 is 0 Å². The number of halogens is 2. The van der Waals surface area contributed by atoms with E-state index < -0.39 is 0 Å². The van der Waals surface area contributed by atoms with Gasteiger partial charge in [0.05, 0.1) is 11.0 Å². The molecule has 2 aromatic rings. The molecule has 0 aliphatic rings. The molecule has 1 aromatic carbocycles. The molecule has 0 atom stereocenters. The van der Waals surface area contributed by atoms with Crippen molar-refractivity contribution in [3.8, 4) is 0 Å². The maximum absolute atomic E-state index is 13.0. The lowest BCUT2D eigenvalue weighted by Crippen LogP contribution is -1.95. The van der Waals surface area contributed by atoms with Gasteiger partial charge >= 0.3 is 6.01 Å². The van der Waals surface area contributed by atoms with Crippen molar-refractivity contribution in [2.75, 3.05) is 5.32 Å². The number of hydrogen-bond acceptors (Lipinski definition) is 5. The Balaban J connectivity index is 2.17. The van der Waals surface area contributed by atoms with Gasteiger partial charge in [0.1, 0.15) is 5.82 Å². The number of anilines is 2. The zero-order chi connectivity index (χ0) is 11.5. The average molecular weight is 287 g/mol. The highest BCUT2D eigenvalue weighted by atomic mass is 79.9. The molecule has 5 nitrogen and oxygen atoms in total. The van der Waals surface area contributed by atoms with Gasteiger partial charge in [-0.25, -0.2) is 4.39 Å². The van der Waals surface area contributed by atoms with E-state index in [9.17, 15) is 4.39 Å². The quantitative estimate of drug-likeness (QED) is 0.904. The molecule has 84 valence electrons. The predicted octanol–water partition coefficient (Wildman–Crippen LogP) is 2.17. The van der Waals surface area contributed by atoms with Crippen LogP contribution in [0.15, 0.2) is 27.1 Å². The van der Waals surface area contributed by atoms with E-state index in [1.54, 1.807) is 12.1 Å². The molecule has 7 heteroatoms. The topological polar surface area (TPSA) is 77.0 Å². The number of rotatable bonds is 3. The van der Waals surface area contributed by atoms with Crippen LogP contribution >= 0.6 is 15.9 Å². The lowest BCUT2D eigenvalue weighted by Gasteiger charge is -2.01. The number of hydrogen-bond donors (Lipinski definition) is 2. The highest BCUT2D eigenvalue weighted by Crippen LogP contribution is 2.22. The smallest absolute Gasteiger partial charge is 0.320 e. The Morgan fingerprint density at radius 1 is 1.44 bits per heavy atom. The van der Waals surface area contributed by atoms with E-state index in [0.717, 1.165) is 0 Å². The molecule has 16 heavy (non-hydrogen) atoms. The first-order valence-electron chi connectivity index (χ1n) is 4.43. The van der Waals surface area contributed by atoms with Crippen LogP contribution in [0, 0.1) is 5.82 Å². The highest BCUT2D eigenvalue weighted by molar-refractivity contribution is 9.10. The molecule has 0 saturated heterocycles.